The maximum Gasteiger partial charge on any atom is 0.417 e. The summed E-state index contributed by atoms with van der Waals surface area (Å²) in [6.45, 7) is 1.95. The second kappa shape index (κ2) is 7.03. The minimum atomic E-state index is -4.54. The monoisotopic (exact) mass is 387 g/mol. The molecule has 1 aromatic carbocycles. The van der Waals surface area contributed by atoms with Crippen LogP contribution in [-0.2, 0) is 22.1 Å². The molecule has 1 atom stereocenters. The zero-order valence-corrected chi connectivity index (χ0v) is 14.2. The SMILES string of the molecule is CCOC(=O)[C@H]1Cc2cc(Oc3ncc(C(F)(F)F)cc3Cl)ccc2O1. The van der Waals surface area contributed by atoms with Gasteiger partial charge in [-0.1, -0.05) is 11.6 Å². The van der Waals surface area contributed by atoms with Crippen molar-refractivity contribution in [1.29, 1.82) is 0 Å². The fourth-order valence-electron chi connectivity index (χ4n) is 2.42. The van der Waals surface area contributed by atoms with Crippen LogP contribution in [0.5, 0.6) is 17.4 Å². The van der Waals surface area contributed by atoms with E-state index in [9.17, 15) is 18.0 Å². The second-order valence-electron chi connectivity index (χ2n) is 5.44. The Bertz CT molecular complexity index is 841. The first kappa shape index (κ1) is 18.3. The van der Waals surface area contributed by atoms with Crippen LogP contribution in [0.1, 0.15) is 18.1 Å². The van der Waals surface area contributed by atoms with Gasteiger partial charge in [-0.15, -0.1) is 0 Å². The van der Waals surface area contributed by atoms with Crippen LogP contribution in [0.15, 0.2) is 30.5 Å². The largest absolute Gasteiger partial charge is 0.478 e. The molecular formula is C17H13ClF3NO4. The van der Waals surface area contributed by atoms with Gasteiger partial charge < -0.3 is 14.2 Å². The third-order valence-corrected chi connectivity index (χ3v) is 3.88. The van der Waals surface area contributed by atoms with Crippen LogP contribution in [0, 0.1) is 0 Å². The zero-order chi connectivity index (χ0) is 18.9. The molecule has 0 amide bonds. The number of aromatic nitrogens is 1. The fourth-order valence-corrected chi connectivity index (χ4v) is 2.63. The molecule has 5 nitrogen and oxygen atoms in total. The number of hydrogen-bond acceptors (Lipinski definition) is 5. The Labute approximate surface area is 151 Å². The third-order valence-electron chi connectivity index (χ3n) is 3.61. The van der Waals surface area contributed by atoms with E-state index in [0.29, 0.717) is 29.7 Å². The number of nitrogens with zero attached hydrogens (tertiary/aromatic N) is 1. The van der Waals surface area contributed by atoms with Crippen molar-refractivity contribution in [2.24, 2.45) is 0 Å². The zero-order valence-electron chi connectivity index (χ0n) is 13.5. The summed E-state index contributed by atoms with van der Waals surface area (Å²) in [6.07, 6.45) is -4.32. The molecule has 2 heterocycles. The van der Waals surface area contributed by atoms with Gasteiger partial charge in [0, 0.05) is 18.2 Å². The van der Waals surface area contributed by atoms with Gasteiger partial charge in [-0.3, -0.25) is 0 Å². The number of alkyl halides is 3. The first-order chi connectivity index (χ1) is 12.3. The molecule has 3 rings (SSSR count). The molecule has 138 valence electrons. The average molecular weight is 388 g/mol. The highest BCUT2D eigenvalue weighted by atomic mass is 35.5. The summed E-state index contributed by atoms with van der Waals surface area (Å²) in [5.74, 6) is 0.215. The van der Waals surface area contributed by atoms with Crippen molar-refractivity contribution in [3.8, 4) is 17.4 Å². The predicted molar refractivity (Wildman–Crippen MR) is 85.5 cm³/mol. The Morgan fingerprint density at radius 3 is 2.81 bits per heavy atom. The second-order valence-corrected chi connectivity index (χ2v) is 5.85. The van der Waals surface area contributed by atoms with Gasteiger partial charge >= 0.3 is 12.1 Å². The number of hydrogen-bond donors (Lipinski definition) is 0. The Morgan fingerprint density at radius 2 is 2.15 bits per heavy atom. The maximum absolute atomic E-state index is 12.6. The first-order valence-electron chi connectivity index (χ1n) is 7.64. The van der Waals surface area contributed by atoms with E-state index in [2.05, 4.69) is 4.98 Å². The van der Waals surface area contributed by atoms with E-state index in [4.69, 9.17) is 25.8 Å². The molecule has 0 radical (unpaired) electrons. The molecule has 9 heteroatoms. The van der Waals surface area contributed by atoms with Gasteiger partial charge in [-0.05, 0) is 31.2 Å². The number of ether oxygens (including phenoxy) is 3. The number of halogens is 4. The Hall–Kier alpha value is -2.48. The van der Waals surface area contributed by atoms with Gasteiger partial charge in [0.05, 0.1) is 12.2 Å². The van der Waals surface area contributed by atoms with Crippen molar-refractivity contribution in [2.75, 3.05) is 6.61 Å². The van der Waals surface area contributed by atoms with Crippen LogP contribution in [0.2, 0.25) is 5.02 Å². The van der Waals surface area contributed by atoms with Crippen LogP contribution in [-0.4, -0.2) is 23.7 Å². The molecule has 0 aliphatic carbocycles. The van der Waals surface area contributed by atoms with Gasteiger partial charge in [0.1, 0.15) is 16.5 Å². The number of esters is 1. The van der Waals surface area contributed by atoms with Crippen molar-refractivity contribution in [1.82, 2.24) is 4.98 Å². The van der Waals surface area contributed by atoms with Gasteiger partial charge in [-0.2, -0.15) is 13.2 Å². The number of benzene rings is 1. The van der Waals surface area contributed by atoms with Crippen LogP contribution >= 0.6 is 11.6 Å². The summed E-state index contributed by atoms with van der Waals surface area (Å²) in [6, 6.07) is 5.51. The van der Waals surface area contributed by atoms with Gasteiger partial charge in [0.25, 0.3) is 0 Å². The highest BCUT2D eigenvalue weighted by Gasteiger charge is 2.32. The lowest BCUT2D eigenvalue weighted by Gasteiger charge is -2.10. The van der Waals surface area contributed by atoms with Gasteiger partial charge in [0.15, 0.2) is 6.10 Å². The maximum atomic E-state index is 12.6. The number of fused-ring (bicyclic) bond motifs is 1. The van der Waals surface area contributed by atoms with Crippen molar-refractivity contribution in [3.63, 3.8) is 0 Å². The van der Waals surface area contributed by atoms with E-state index in [1.54, 1.807) is 25.1 Å². The number of carbonyl (C=O) groups excluding carboxylic acids is 1. The summed E-state index contributed by atoms with van der Waals surface area (Å²) in [4.78, 5) is 15.4. The van der Waals surface area contributed by atoms with E-state index in [-0.39, 0.29) is 17.5 Å². The van der Waals surface area contributed by atoms with Gasteiger partial charge in [-0.25, -0.2) is 9.78 Å². The lowest BCUT2D eigenvalue weighted by molar-refractivity contribution is -0.150. The van der Waals surface area contributed by atoms with E-state index >= 15 is 0 Å². The smallest absolute Gasteiger partial charge is 0.417 e. The van der Waals surface area contributed by atoms with Crippen LogP contribution < -0.4 is 9.47 Å². The van der Waals surface area contributed by atoms with Crippen molar-refractivity contribution >= 4 is 17.6 Å². The van der Waals surface area contributed by atoms with Crippen molar-refractivity contribution < 1.29 is 32.2 Å². The van der Waals surface area contributed by atoms with E-state index in [1.807, 2.05) is 0 Å². The molecule has 0 unspecified atom stereocenters. The molecule has 26 heavy (non-hydrogen) atoms. The minimum Gasteiger partial charge on any atom is -0.478 e. The summed E-state index contributed by atoms with van der Waals surface area (Å²) in [7, 11) is 0. The highest BCUT2D eigenvalue weighted by Crippen LogP contribution is 2.37. The quantitative estimate of drug-likeness (QED) is 0.727. The summed E-state index contributed by atoms with van der Waals surface area (Å²) in [5, 5.41) is -0.263. The summed E-state index contributed by atoms with van der Waals surface area (Å²) >= 11 is 5.83. The number of rotatable bonds is 4. The molecule has 0 saturated carbocycles. The van der Waals surface area contributed by atoms with E-state index < -0.39 is 23.8 Å². The molecule has 0 spiro atoms. The Balaban J connectivity index is 1.76. The van der Waals surface area contributed by atoms with E-state index in [0.717, 1.165) is 6.07 Å². The molecule has 2 aromatic rings. The fraction of sp³-hybridized carbons (Fsp3) is 0.294. The Kier molecular flexibility index (Phi) is 4.95. The molecule has 0 bridgehead atoms. The van der Waals surface area contributed by atoms with Crippen molar-refractivity contribution in [2.45, 2.75) is 25.6 Å². The van der Waals surface area contributed by atoms with Crippen LogP contribution in [0.4, 0.5) is 13.2 Å². The molecule has 0 N–H and O–H groups in total. The molecule has 0 fully saturated rings. The predicted octanol–water partition coefficient (Wildman–Crippen LogP) is 4.41. The lowest BCUT2D eigenvalue weighted by Crippen LogP contribution is -2.27. The molecule has 1 aliphatic rings. The minimum absolute atomic E-state index is 0.152. The van der Waals surface area contributed by atoms with Crippen molar-refractivity contribution in [3.05, 3.63) is 46.6 Å². The highest BCUT2D eigenvalue weighted by molar-refractivity contribution is 6.31. The number of carbonyl (C=O) groups is 1. The van der Waals surface area contributed by atoms with Crippen LogP contribution in [0.3, 0.4) is 0 Å². The lowest BCUT2D eigenvalue weighted by atomic mass is 10.1. The molecule has 0 saturated heterocycles. The molecule has 1 aromatic heterocycles. The summed E-state index contributed by atoms with van der Waals surface area (Å²) in [5.41, 5.74) is -0.252. The molecule has 1 aliphatic heterocycles. The number of pyridine rings is 1. The standard InChI is InChI=1S/C17H13ClF3NO4/c1-2-24-16(23)14-6-9-5-11(3-4-13(9)26-14)25-15-12(18)7-10(8-22-15)17(19,20)21/h3-5,7-8,14H,2,6H2,1H3/t14-/m1/s1. The Morgan fingerprint density at radius 1 is 1.38 bits per heavy atom. The van der Waals surface area contributed by atoms with Gasteiger partial charge in [0.2, 0.25) is 5.88 Å². The third kappa shape index (κ3) is 3.85. The van der Waals surface area contributed by atoms with E-state index in [1.165, 1.54) is 0 Å². The normalized spacial score (nSPS) is 16.0. The topological polar surface area (TPSA) is 57.7 Å². The average Bonchev–Trinajstić information content (AvgIpc) is 2.99. The summed E-state index contributed by atoms with van der Waals surface area (Å²) < 4.78 is 53.8. The van der Waals surface area contributed by atoms with Crippen LogP contribution in [0.25, 0.3) is 0 Å². The molecular weight excluding hydrogens is 375 g/mol. The first-order valence-corrected chi connectivity index (χ1v) is 8.02.